The summed E-state index contributed by atoms with van der Waals surface area (Å²) < 4.78 is 0. The zero-order valence-corrected chi connectivity index (χ0v) is 13.5. The van der Waals surface area contributed by atoms with E-state index in [9.17, 15) is 0 Å². The van der Waals surface area contributed by atoms with E-state index in [4.69, 9.17) is 12.2 Å². The molecule has 0 saturated carbocycles. The van der Waals surface area contributed by atoms with E-state index in [0.29, 0.717) is 5.11 Å². The molecule has 2 nitrogen and oxygen atoms in total. The molecule has 0 atom stereocenters. The van der Waals surface area contributed by atoms with Crippen molar-refractivity contribution in [3.05, 3.63) is 53.6 Å². The Bertz CT molecular complexity index is 603. The molecule has 2 N–H and O–H groups in total. The second-order valence-corrected chi connectivity index (χ2v) is 5.80. The Morgan fingerprint density at radius 1 is 0.950 bits per heavy atom. The molecule has 2 aromatic rings. The highest BCUT2D eigenvalue weighted by molar-refractivity contribution is 7.98. The molecule has 0 amide bonds. The van der Waals surface area contributed by atoms with Crippen molar-refractivity contribution < 1.29 is 0 Å². The van der Waals surface area contributed by atoms with Gasteiger partial charge in [-0.3, -0.25) is 0 Å². The van der Waals surface area contributed by atoms with Crippen LogP contribution in [0.2, 0.25) is 0 Å². The van der Waals surface area contributed by atoms with Crippen LogP contribution in [0.15, 0.2) is 47.4 Å². The van der Waals surface area contributed by atoms with Gasteiger partial charge in [0.1, 0.15) is 0 Å². The number of aryl methyl sites for hydroxylation is 2. The maximum absolute atomic E-state index is 5.41. The van der Waals surface area contributed by atoms with E-state index in [1.807, 2.05) is 18.2 Å². The van der Waals surface area contributed by atoms with Crippen molar-refractivity contribution in [1.29, 1.82) is 0 Å². The molecule has 4 heteroatoms. The lowest BCUT2D eigenvalue weighted by atomic mass is 10.1. The Morgan fingerprint density at radius 2 is 1.60 bits per heavy atom. The van der Waals surface area contributed by atoms with Crippen molar-refractivity contribution in [2.24, 2.45) is 0 Å². The summed E-state index contributed by atoms with van der Waals surface area (Å²) in [7, 11) is 0. The molecule has 20 heavy (non-hydrogen) atoms. The molecular formula is C16H18N2S2. The van der Waals surface area contributed by atoms with Gasteiger partial charge in [0.15, 0.2) is 5.11 Å². The monoisotopic (exact) mass is 302 g/mol. The van der Waals surface area contributed by atoms with E-state index >= 15 is 0 Å². The molecular weight excluding hydrogens is 284 g/mol. The molecule has 104 valence electrons. The minimum Gasteiger partial charge on any atom is -0.332 e. The third kappa shape index (κ3) is 3.52. The van der Waals surface area contributed by atoms with Crippen LogP contribution in [0.4, 0.5) is 11.4 Å². The van der Waals surface area contributed by atoms with Crippen molar-refractivity contribution in [3.8, 4) is 0 Å². The number of hydrogen-bond donors (Lipinski definition) is 2. The van der Waals surface area contributed by atoms with E-state index in [0.717, 1.165) is 11.4 Å². The Balaban J connectivity index is 2.13. The Hall–Kier alpha value is -1.52. The maximum Gasteiger partial charge on any atom is 0.175 e. The quantitative estimate of drug-likeness (QED) is 0.626. The van der Waals surface area contributed by atoms with Gasteiger partial charge in [-0.05, 0) is 55.6 Å². The van der Waals surface area contributed by atoms with Gasteiger partial charge in [0.2, 0.25) is 0 Å². The minimum absolute atomic E-state index is 0.615. The van der Waals surface area contributed by atoms with Crippen LogP contribution in [0.1, 0.15) is 11.1 Å². The van der Waals surface area contributed by atoms with E-state index in [-0.39, 0.29) is 0 Å². The normalized spacial score (nSPS) is 10.2. The van der Waals surface area contributed by atoms with Gasteiger partial charge in [0, 0.05) is 10.6 Å². The molecule has 0 spiro atoms. The molecule has 0 heterocycles. The number of anilines is 2. The first-order valence-corrected chi connectivity index (χ1v) is 8.02. The average molecular weight is 302 g/mol. The lowest BCUT2D eigenvalue weighted by molar-refractivity contribution is 1.37. The summed E-state index contributed by atoms with van der Waals surface area (Å²) in [5, 5.41) is 7.17. The Kier molecular flexibility index (Phi) is 5.04. The van der Waals surface area contributed by atoms with Crippen LogP contribution in [0.3, 0.4) is 0 Å². The Morgan fingerprint density at radius 3 is 2.25 bits per heavy atom. The van der Waals surface area contributed by atoms with Crippen LogP contribution in [-0.4, -0.2) is 11.4 Å². The molecule has 0 unspecified atom stereocenters. The second-order valence-electron chi connectivity index (χ2n) is 4.55. The molecule has 0 aliphatic rings. The van der Waals surface area contributed by atoms with Gasteiger partial charge >= 0.3 is 0 Å². The zero-order valence-electron chi connectivity index (χ0n) is 11.9. The molecule has 2 rings (SSSR count). The van der Waals surface area contributed by atoms with Crippen LogP contribution < -0.4 is 10.6 Å². The first kappa shape index (κ1) is 14.9. The van der Waals surface area contributed by atoms with Crippen molar-refractivity contribution in [2.75, 3.05) is 16.9 Å². The molecule has 0 radical (unpaired) electrons. The highest BCUT2D eigenvalue weighted by Crippen LogP contribution is 2.25. The number of rotatable bonds is 3. The van der Waals surface area contributed by atoms with Gasteiger partial charge < -0.3 is 10.6 Å². The van der Waals surface area contributed by atoms with E-state index in [1.165, 1.54) is 16.0 Å². The van der Waals surface area contributed by atoms with Gasteiger partial charge in [-0.2, -0.15) is 0 Å². The van der Waals surface area contributed by atoms with Crippen molar-refractivity contribution in [1.82, 2.24) is 0 Å². The zero-order chi connectivity index (χ0) is 14.5. The van der Waals surface area contributed by atoms with Crippen molar-refractivity contribution in [3.63, 3.8) is 0 Å². The minimum atomic E-state index is 0.615. The summed E-state index contributed by atoms with van der Waals surface area (Å²) in [6.07, 6.45) is 2.06. The summed E-state index contributed by atoms with van der Waals surface area (Å²) in [6.45, 7) is 4.15. The molecule has 0 saturated heterocycles. The topological polar surface area (TPSA) is 24.1 Å². The SMILES string of the molecule is CSc1ccccc1NC(=S)Nc1c(C)cccc1C. The fourth-order valence-electron chi connectivity index (χ4n) is 2.03. The van der Waals surface area contributed by atoms with Crippen LogP contribution in [0.5, 0.6) is 0 Å². The predicted octanol–water partition coefficient (Wildman–Crippen LogP) is 4.83. The Labute approximate surface area is 130 Å². The second kappa shape index (κ2) is 6.77. The van der Waals surface area contributed by atoms with Gasteiger partial charge in [0.05, 0.1) is 5.69 Å². The van der Waals surface area contributed by atoms with Gasteiger partial charge in [0.25, 0.3) is 0 Å². The summed E-state index contributed by atoms with van der Waals surface area (Å²) in [4.78, 5) is 1.18. The number of thiocarbonyl (C=S) groups is 1. The predicted molar refractivity (Wildman–Crippen MR) is 94.0 cm³/mol. The first-order valence-electron chi connectivity index (χ1n) is 6.39. The van der Waals surface area contributed by atoms with E-state index < -0.39 is 0 Å². The third-order valence-electron chi connectivity index (χ3n) is 3.07. The maximum atomic E-state index is 5.41. The largest absolute Gasteiger partial charge is 0.332 e. The standard InChI is InChI=1S/C16H18N2S2/c1-11-7-6-8-12(2)15(11)18-16(19)17-13-9-4-5-10-14(13)20-3/h4-10H,1-3H3,(H2,17,18,19). The highest BCUT2D eigenvalue weighted by atomic mass is 32.2. The van der Waals surface area contributed by atoms with Crippen LogP contribution in [0, 0.1) is 13.8 Å². The number of thioether (sulfide) groups is 1. The van der Waals surface area contributed by atoms with Gasteiger partial charge in [-0.25, -0.2) is 0 Å². The molecule has 2 aromatic carbocycles. The summed E-state index contributed by atoms with van der Waals surface area (Å²) in [6, 6.07) is 14.3. The lowest BCUT2D eigenvalue weighted by Crippen LogP contribution is -2.20. The van der Waals surface area contributed by atoms with E-state index in [1.54, 1.807) is 11.8 Å². The van der Waals surface area contributed by atoms with Crippen LogP contribution in [-0.2, 0) is 0 Å². The number of benzene rings is 2. The summed E-state index contributed by atoms with van der Waals surface area (Å²) in [5.41, 5.74) is 4.48. The molecule has 0 aromatic heterocycles. The van der Waals surface area contributed by atoms with Crippen molar-refractivity contribution >= 4 is 40.5 Å². The average Bonchev–Trinajstić information content (AvgIpc) is 2.44. The molecule has 0 aliphatic carbocycles. The summed E-state index contributed by atoms with van der Waals surface area (Å²) >= 11 is 7.11. The fourth-order valence-corrected chi connectivity index (χ4v) is 2.79. The smallest absolute Gasteiger partial charge is 0.175 e. The highest BCUT2D eigenvalue weighted by Gasteiger charge is 2.06. The number of para-hydroxylation sites is 2. The fraction of sp³-hybridized carbons (Fsp3) is 0.188. The van der Waals surface area contributed by atoms with Crippen LogP contribution >= 0.6 is 24.0 Å². The van der Waals surface area contributed by atoms with Gasteiger partial charge in [-0.1, -0.05) is 30.3 Å². The first-order chi connectivity index (χ1) is 9.61. The van der Waals surface area contributed by atoms with Crippen LogP contribution in [0.25, 0.3) is 0 Å². The lowest BCUT2D eigenvalue weighted by Gasteiger charge is -2.16. The van der Waals surface area contributed by atoms with Gasteiger partial charge in [-0.15, -0.1) is 11.8 Å². The third-order valence-corrected chi connectivity index (χ3v) is 4.07. The van der Waals surface area contributed by atoms with E-state index in [2.05, 4.69) is 55.0 Å². The molecule has 0 aliphatic heterocycles. The number of nitrogens with one attached hydrogen (secondary N) is 2. The number of hydrogen-bond acceptors (Lipinski definition) is 2. The summed E-state index contributed by atoms with van der Waals surface area (Å²) in [5.74, 6) is 0. The molecule has 0 bridgehead atoms. The molecule has 0 fully saturated rings. The van der Waals surface area contributed by atoms with Crippen molar-refractivity contribution in [2.45, 2.75) is 18.7 Å².